The van der Waals surface area contributed by atoms with Crippen LogP contribution in [0.4, 0.5) is 5.69 Å². The van der Waals surface area contributed by atoms with Crippen molar-refractivity contribution < 1.29 is 4.92 Å². The van der Waals surface area contributed by atoms with Crippen LogP contribution in [0, 0.1) is 15.5 Å². The first-order chi connectivity index (χ1) is 8.90. The predicted octanol–water partition coefficient (Wildman–Crippen LogP) is 4.03. The largest absolute Gasteiger partial charge is 0.309 e. The molecular formula is C14H19BrN2O2. The molecule has 1 atom stereocenters. The van der Waals surface area contributed by atoms with E-state index in [2.05, 4.69) is 35.1 Å². The van der Waals surface area contributed by atoms with Gasteiger partial charge in [-0.2, -0.15) is 0 Å². The molecule has 1 fully saturated rings. The van der Waals surface area contributed by atoms with E-state index in [1.807, 2.05) is 12.1 Å². The summed E-state index contributed by atoms with van der Waals surface area (Å²) < 4.78 is 0.740. The van der Waals surface area contributed by atoms with Crippen LogP contribution in [0.5, 0.6) is 0 Å². The molecule has 104 valence electrons. The normalized spacial score (nSPS) is 21.5. The van der Waals surface area contributed by atoms with E-state index in [1.54, 1.807) is 6.07 Å². The lowest BCUT2D eigenvalue weighted by atomic mass is 9.87. The molecule has 0 aliphatic heterocycles. The molecule has 1 saturated carbocycles. The Morgan fingerprint density at radius 3 is 2.84 bits per heavy atom. The number of hydrogen-bond donors (Lipinski definition) is 1. The van der Waals surface area contributed by atoms with Crippen LogP contribution >= 0.6 is 15.9 Å². The van der Waals surface area contributed by atoms with Gasteiger partial charge in [-0.3, -0.25) is 10.1 Å². The smallest absolute Gasteiger partial charge is 0.275 e. The van der Waals surface area contributed by atoms with Crippen molar-refractivity contribution in [3.8, 4) is 0 Å². The molecule has 0 amide bonds. The highest BCUT2D eigenvalue weighted by Crippen LogP contribution is 2.37. The lowest BCUT2D eigenvalue weighted by molar-refractivity contribution is -0.385. The molecule has 1 N–H and O–H groups in total. The summed E-state index contributed by atoms with van der Waals surface area (Å²) in [6.07, 6.45) is 3.59. The van der Waals surface area contributed by atoms with Crippen LogP contribution < -0.4 is 5.32 Å². The van der Waals surface area contributed by atoms with Crippen molar-refractivity contribution in [2.45, 2.75) is 45.7 Å². The van der Waals surface area contributed by atoms with Gasteiger partial charge >= 0.3 is 0 Å². The summed E-state index contributed by atoms with van der Waals surface area (Å²) in [6, 6.07) is 5.67. The van der Waals surface area contributed by atoms with Crippen molar-refractivity contribution in [2.24, 2.45) is 5.41 Å². The van der Waals surface area contributed by atoms with Crippen molar-refractivity contribution in [3.63, 3.8) is 0 Å². The maximum absolute atomic E-state index is 11.1. The summed E-state index contributed by atoms with van der Waals surface area (Å²) in [7, 11) is 0. The second-order valence-corrected chi connectivity index (χ2v) is 6.76. The molecule has 0 saturated heterocycles. The Morgan fingerprint density at radius 2 is 2.26 bits per heavy atom. The minimum Gasteiger partial charge on any atom is -0.309 e. The van der Waals surface area contributed by atoms with Crippen molar-refractivity contribution in [1.29, 1.82) is 0 Å². The molecule has 1 unspecified atom stereocenters. The molecule has 1 aromatic carbocycles. The fraction of sp³-hybridized carbons (Fsp3) is 0.571. The standard InChI is InChI=1S/C14H19BrN2O2/c1-14(2)7-3-4-13(14)16-9-10-5-6-11(15)8-12(10)17(18)19/h5-6,8,13,16H,3-4,7,9H2,1-2H3. The third-order valence-corrected chi connectivity index (χ3v) is 4.53. The van der Waals surface area contributed by atoms with Crippen molar-refractivity contribution in [2.75, 3.05) is 0 Å². The van der Waals surface area contributed by atoms with Gasteiger partial charge in [0.25, 0.3) is 5.69 Å². The Balaban J connectivity index is 2.09. The molecule has 1 aliphatic rings. The van der Waals surface area contributed by atoms with Crippen LogP contribution in [-0.2, 0) is 6.54 Å². The third-order valence-electron chi connectivity index (χ3n) is 4.04. The van der Waals surface area contributed by atoms with E-state index in [-0.39, 0.29) is 16.0 Å². The Morgan fingerprint density at radius 1 is 1.53 bits per heavy atom. The topological polar surface area (TPSA) is 55.2 Å². The summed E-state index contributed by atoms with van der Waals surface area (Å²) in [4.78, 5) is 10.7. The molecule has 19 heavy (non-hydrogen) atoms. The number of rotatable bonds is 4. The number of halogens is 1. The van der Waals surface area contributed by atoms with Crippen LogP contribution in [0.3, 0.4) is 0 Å². The van der Waals surface area contributed by atoms with E-state index < -0.39 is 0 Å². The van der Waals surface area contributed by atoms with Gasteiger partial charge < -0.3 is 5.32 Å². The average molecular weight is 327 g/mol. The zero-order valence-electron chi connectivity index (χ0n) is 11.3. The van der Waals surface area contributed by atoms with Gasteiger partial charge in [0.1, 0.15) is 0 Å². The number of nitrogens with zero attached hydrogens (tertiary/aromatic N) is 1. The van der Waals surface area contributed by atoms with E-state index in [1.165, 1.54) is 12.8 Å². The van der Waals surface area contributed by atoms with E-state index in [9.17, 15) is 10.1 Å². The SMILES string of the molecule is CC1(C)CCCC1NCc1ccc(Br)cc1[N+](=O)[O-]. The Labute approximate surface area is 121 Å². The van der Waals surface area contributed by atoms with Gasteiger partial charge in [-0.05, 0) is 30.4 Å². The fourth-order valence-electron chi connectivity index (χ4n) is 2.79. The minimum absolute atomic E-state index is 0.178. The Bertz CT molecular complexity index is 488. The molecule has 4 nitrogen and oxygen atoms in total. The highest BCUT2D eigenvalue weighted by atomic mass is 79.9. The fourth-order valence-corrected chi connectivity index (χ4v) is 3.14. The van der Waals surface area contributed by atoms with Crippen LogP contribution in [0.1, 0.15) is 38.7 Å². The molecule has 0 aromatic heterocycles. The number of benzene rings is 1. The average Bonchev–Trinajstić information content (AvgIpc) is 2.66. The van der Waals surface area contributed by atoms with Gasteiger partial charge in [0, 0.05) is 28.7 Å². The Hall–Kier alpha value is -0.940. The molecule has 5 heteroatoms. The number of hydrogen-bond acceptors (Lipinski definition) is 3. The van der Waals surface area contributed by atoms with Gasteiger partial charge in [-0.15, -0.1) is 0 Å². The number of nitrogens with one attached hydrogen (secondary N) is 1. The molecule has 1 aromatic rings. The maximum Gasteiger partial charge on any atom is 0.275 e. The number of nitro benzene ring substituents is 1. The van der Waals surface area contributed by atoms with Gasteiger partial charge in [-0.1, -0.05) is 36.2 Å². The summed E-state index contributed by atoms with van der Waals surface area (Å²) in [5.74, 6) is 0. The van der Waals surface area contributed by atoms with Crippen LogP contribution in [0.25, 0.3) is 0 Å². The maximum atomic E-state index is 11.1. The molecule has 0 spiro atoms. The van der Waals surface area contributed by atoms with E-state index in [0.29, 0.717) is 12.6 Å². The molecule has 0 heterocycles. The minimum atomic E-state index is -0.318. The molecule has 0 radical (unpaired) electrons. The monoisotopic (exact) mass is 326 g/mol. The van der Waals surface area contributed by atoms with Crippen molar-refractivity contribution in [3.05, 3.63) is 38.3 Å². The third kappa shape index (κ3) is 3.34. The highest BCUT2D eigenvalue weighted by Gasteiger charge is 2.34. The van der Waals surface area contributed by atoms with Crippen LogP contribution in [0.2, 0.25) is 0 Å². The van der Waals surface area contributed by atoms with E-state index in [4.69, 9.17) is 0 Å². The van der Waals surface area contributed by atoms with Gasteiger partial charge in [0.05, 0.1) is 4.92 Å². The first-order valence-electron chi connectivity index (χ1n) is 6.56. The van der Waals surface area contributed by atoms with Gasteiger partial charge in [0.2, 0.25) is 0 Å². The van der Waals surface area contributed by atoms with Crippen molar-refractivity contribution in [1.82, 2.24) is 5.32 Å². The summed E-state index contributed by atoms with van der Waals surface area (Å²) in [5.41, 5.74) is 1.21. The van der Waals surface area contributed by atoms with Crippen LogP contribution in [0.15, 0.2) is 22.7 Å². The lowest BCUT2D eigenvalue weighted by Gasteiger charge is -2.28. The van der Waals surface area contributed by atoms with Gasteiger partial charge in [0.15, 0.2) is 0 Å². The summed E-state index contributed by atoms with van der Waals surface area (Å²) >= 11 is 3.28. The molecule has 2 rings (SSSR count). The van der Waals surface area contributed by atoms with E-state index >= 15 is 0 Å². The first kappa shape index (κ1) is 14.5. The zero-order valence-corrected chi connectivity index (χ0v) is 12.9. The second kappa shape index (κ2) is 5.59. The van der Waals surface area contributed by atoms with Gasteiger partial charge in [-0.25, -0.2) is 0 Å². The first-order valence-corrected chi connectivity index (χ1v) is 7.36. The zero-order chi connectivity index (χ0) is 14.0. The molecular weight excluding hydrogens is 308 g/mol. The summed E-state index contributed by atoms with van der Waals surface area (Å²) in [5, 5.41) is 14.5. The summed E-state index contributed by atoms with van der Waals surface area (Å²) in [6.45, 7) is 5.07. The Kier molecular flexibility index (Phi) is 4.26. The van der Waals surface area contributed by atoms with Crippen LogP contribution in [-0.4, -0.2) is 11.0 Å². The highest BCUT2D eigenvalue weighted by molar-refractivity contribution is 9.10. The quantitative estimate of drug-likeness (QED) is 0.671. The molecule has 0 bridgehead atoms. The lowest BCUT2D eigenvalue weighted by Crippen LogP contribution is -2.37. The second-order valence-electron chi connectivity index (χ2n) is 5.84. The predicted molar refractivity (Wildman–Crippen MR) is 79.1 cm³/mol. The van der Waals surface area contributed by atoms with E-state index in [0.717, 1.165) is 16.5 Å². The molecule has 1 aliphatic carbocycles. The van der Waals surface area contributed by atoms with Crippen molar-refractivity contribution >= 4 is 21.6 Å². The number of nitro groups is 1.